The fraction of sp³-hybridized carbons (Fsp3) is 0.385. The maximum absolute atomic E-state index is 13.3. The minimum absolute atomic E-state index is 0.0922. The topological polar surface area (TPSA) is 54.9 Å². The van der Waals surface area contributed by atoms with Crippen molar-refractivity contribution < 1.29 is 14.3 Å². The zero-order valence-corrected chi connectivity index (χ0v) is 21.2. The fourth-order valence-corrected chi connectivity index (χ4v) is 4.68. The smallest absolute Gasteiger partial charge is 0.252 e. The summed E-state index contributed by atoms with van der Waals surface area (Å²) in [6.07, 6.45) is 3.41. The monoisotopic (exact) mass is 467 g/mol. The first kappa shape index (κ1) is 24.7. The van der Waals surface area contributed by atoms with E-state index < -0.39 is 0 Å². The summed E-state index contributed by atoms with van der Waals surface area (Å²) in [7, 11) is 3.20. The molecule has 3 aromatic rings. The summed E-state index contributed by atoms with van der Waals surface area (Å²) in [5, 5.41) is 0.729. The Hall–Kier alpha value is -2.90. The van der Waals surface area contributed by atoms with Crippen LogP contribution in [-0.4, -0.2) is 56.2 Å². The minimum atomic E-state index is -0.0922. The summed E-state index contributed by atoms with van der Waals surface area (Å²) < 4.78 is 11.8. The number of amides is 1. The first-order valence-electron chi connectivity index (χ1n) is 11.2. The van der Waals surface area contributed by atoms with Crippen LogP contribution in [0, 0.1) is 13.8 Å². The van der Waals surface area contributed by atoms with Crippen LogP contribution in [-0.2, 0) is 4.79 Å². The highest BCUT2D eigenvalue weighted by molar-refractivity contribution is 7.22. The zero-order chi connectivity index (χ0) is 24.0. The Morgan fingerprint density at radius 3 is 2.42 bits per heavy atom. The molecule has 33 heavy (non-hydrogen) atoms. The van der Waals surface area contributed by atoms with Gasteiger partial charge in [0.25, 0.3) is 5.91 Å². The molecule has 0 fully saturated rings. The van der Waals surface area contributed by atoms with Gasteiger partial charge in [0.1, 0.15) is 0 Å². The van der Waals surface area contributed by atoms with E-state index in [1.807, 2.05) is 18.2 Å². The number of benzene rings is 2. The Balaban J connectivity index is 1.91. The lowest BCUT2D eigenvalue weighted by molar-refractivity contribution is -0.114. The van der Waals surface area contributed by atoms with Crippen LogP contribution in [0.5, 0.6) is 11.5 Å². The molecule has 0 saturated heterocycles. The average molecular weight is 468 g/mol. The number of aryl methyl sites for hydroxylation is 2. The van der Waals surface area contributed by atoms with Gasteiger partial charge in [0.15, 0.2) is 16.6 Å². The summed E-state index contributed by atoms with van der Waals surface area (Å²) in [4.78, 5) is 22.3. The molecule has 0 N–H and O–H groups in total. The predicted molar refractivity (Wildman–Crippen MR) is 138 cm³/mol. The summed E-state index contributed by atoms with van der Waals surface area (Å²) in [6.45, 7) is 11.7. The number of aromatic nitrogens is 1. The molecule has 0 aliphatic rings. The van der Waals surface area contributed by atoms with Gasteiger partial charge in [-0.2, -0.15) is 0 Å². The summed E-state index contributed by atoms with van der Waals surface area (Å²) in [5.41, 5.74) is 4.20. The van der Waals surface area contributed by atoms with Crippen LogP contribution in [0.1, 0.15) is 30.5 Å². The van der Waals surface area contributed by atoms with Crippen LogP contribution in [0.25, 0.3) is 16.3 Å². The Bertz CT molecular complexity index is 1140. The van der Waals surface area contributed by atoms with Gasteiger partial charge in [0.05, 0.1) is 24.4 Å². The molecule has 0 atom stereocenters. The van der Waals surface area contributed by atoms with Crippen molar-refractivity contribution in [1.82, 2.24) is 9.88 Å². The lowest BCUT2D eigenvalue weighted by Crippen LogP contribution is -2.38. The van der Waals surface area contributed by atoms with E-state index in [0.717, 1.165) is 46.1 Å². The largest absolute Gasteiger partial charge is 0.493 e. The highest BCUT2D eigenvalue weighted by Crippen LogP contribution is 2.32. The van der Waals surface area contributed by atoms with Crippen molar-refractivity contribution in [2.75, 3.05) is 45.3 Å². The second kappa shape index (κ2) is 11.3. The van der Waals surface area contributed by atoms with Crippen LogP contribution >= 0.6 is 11.3 Å². The van der Waals surface area contributed by atoms with Crippen molar-refractivity contribution >= 4 is 38.7 Å². The molecule has 2 aromatic carbocycles. The molecule has 7 heteroatoms. The quantitative estimate of drug-likeness (QED) is 0.378. The first-order chi connectivity index (χ1) is 15.9. The molecule has 0 unspecified atom stereocenters. The Morgan fingerprint density at radius 2 is 1.76 bits per heavy atom. The maximum Gasteiger partial charge on any atom is 0.252 e. The number of likely N-dealkylation sites (N-methyl/N-ethyl adjacent to an activating group) is 1. The van der Waals surface area contributed by atoms with E-state index in [9.17, 15) is 4.79 Å². The van der Waals surface area contributed by atoms with Gasteiger partial charge in [-0.15, -0.1) is 0 Å². The summed E-state index contributed by atoms with van der Waals surface area (Å²) in [5.74, 6) is 1.19. The summed E-state index contributed by atoms with van der Waals surface area (Å²) in [6, 6.07) is 9.78. The number of carbonyl (C=O) groups excluding carboxylic acids is 1. The van der Waals surface area contributed by atoms with E-state index in [2.05, 4.69) is 44.7 Å². The van der Waals surface area contributed by atoms with Gasteiger partial charge in [-0.1, -0.05) is 37.3 Å². The first-order valence-corrected chi connectivity index (χ1v) is 12.0. The molecule has 0 spiro atoms. The minimum Gasteiger partial charge on any atom is -0.493 e. The predicted octanol–water partition coefficient (Wildman–Crippen LogP) is 5.32. The summed E-state index contributed by atoms with van der Waals surface area (Å²) >= 11 is 1.56. The molecule has 1 amide bonds. The molecule has 0 aliphatic heterocycles. The van der Waals surface area contributed by atoms with Crippen molar-refractivity contribution in [2.45, 2.75) is 27.7 Å². The number of ether oxygens (including phenoxy) is 2. The van der Waals surface area contributed by atoms with Gasteiger partial charge in [-0.05, 0) is 67.9 Å². The van der Waals surface area contributed by atoms with Gasteiger partial charge in [0.2, 0.25) is 0 Å². The fourth-order valence-electron chi connectivity index (χ4n) is 3.63. The van der Waals surface area contributed by atoms with Crippen molar-refractivity contribution in [2.24, 2.45) is 0 Å². The van der Waals surface area contributed by atoms with E-state index >= 15 is 0 Å². The number of carbonyl (C=O) groups is 1. The van der Waals surface area contributed by atoms with Gasteiger partial charge in [0, 0.05) is 19.2 Å². The number of fused-ring (bicyclic) bond motifs is 1. The molecular weight excluding hydrogens is 434 g/mol. The second-order valence-corrected chi connectivity index (χ2v) is 8.82. The third-order valence-corrected chi connectivity index (χ3v) is 6.97. The molecule has 6 nitrogen and oxygen atoms in total. The third kappa shape index (κ3) is 5.72. The van der Waals surface area contributed by atoms with Crippen LogP contribution < -0.4 is 14.4 Å². The molecule has 176 valence electrons. The molecule has 0 bridgehead atoms. The van der Waals surface area contributed by atoms with E-state index in [1.165, 1.54) is 5.56 Å². The van der Waals surface area contributed by atoms with Crippen molar-refractivity contribution in [3.8, 4) is 11.5 Å². The van der Waals surface area contributed by atoms with Gasteiger partial charge in [-0.25, -0.2) is 4.98 Å². The van der Waals surface area contributed by atoms with Crippen LogP contribution in [0.4, 0.5) is 5.13 Å². The van der Waals surface area contributed by atoms with Crippen molar-refractivity contribution in [1.29, 1.82) is 0 Å². The third-order valence-electron chi connectivity index (χ3n) is 5.93. The number of rotatable bonds is 10. The molecule has 0 saturated carbocycles. The maximum atomic E-state index is 13.3. The SMILES string of the molecule is CCN(CC)CCN(C(=O)/C=C/c1ccc(OC)c(OC)c1)c1nc2c(C)c(C)ccc2s1. The lowest BCUT2D eigenvalue weighted by Gasteiger charge is -2.23. The number of anilines is 1. The van der Waals surface area contributed by atoms with Crippen molar-refractivity contribution in [3.05, 3.63) is 53.1 Å². The number of hydrogen-bond acceptors (Lipinski definition) is 6. The highest BCUT2D eigenvalue weighted by atomic mass is 32.1. The molecule has 0 radical (unpaired) electrons. The highest BCUT2D eigenvalue weighted by Gasteiger charge is 2.19. The Morgan fingerprint density at radius 1 is 1.03 bits per heavy atom. The average Bonchev–Trinajstić information content (AvgIpc) is 3.27. The van der Waals surface area contributed by atoms with Gasteiger partial charge >= 0.3 is 0 Å². The number of thiazole rings is 1. The van der Waals surface area contributed by atoms with E-state index in [4.69, 9.17) is 14.5 Å². The molecule has 1 heterocycles. The van der Waals surface area contributed by atoms with E-state index in [-0.39, 0.29) is 5.91 Å². The van der Waals surface area contributed by atoms with Crippen LogP contribution in [0.3, 0.4) is 0 Å². The van der Waals surface area contributed by atoms with Gasteiger partial charge < -0.3 is 14.4 Å². The lowest BCUT2D eigenvalue weighted by atomic mass is 10.1. The molecule has 3 rings (SSSR count). The normalized spacial score (nSPS) is 11.5. The number of hydrogen-bond donors (Lipinski definition) is 0. The van der Waals surface area contributed by atoms with Crippen molar-refractivity contribution in [3.63, 3.8) is 0 Å². The zero-order valence-electron chi connectivity index (χ0n) is 20.3. The van der Waals surface area contributed by atoms with Crippen LogP contribution in [0.2, 0.25) is 0 Å². The van der Waals surface area contributed by atoms with E-state index in [0.29, 0.717) is 18.0 Å². The van der Waals surface area contributed by atoms with Crippen LogP contribution in [0.15, 0.2) is 36.4 Å². The standard InChI is InChI=1S/C26H33N3O3S/c1-7-28(8-2)15-16-29(26-27-25-19(4)18(3)9-13-23(25)33-26)24(30)14-11-20-10-12-21(31-5)22(17-20)32-6/h9-14,17H,7-8,15-16H2,1-6H3/b14-11+. The number of methoxy groups -OCH3 is 2. The Kier molecular flexibility index (Phi) is 8.47. The second-order valence-electron chi connectivity index (χ2n) is 7.82. The Labute approximate surface area is 200 Å². The van der Waals surface area contributed by atoms with Gasteiger partial charge in [-0.3, -0.25) is 9.69 Å². The molecule has 0 aliphatic carbocycles. The van der Waals surface area contributed by atoms with E-state index in [1.54, 1.807) is 42.6 Å². The molecule has 1 aromatic heterocycles. The number of nitrogens with zero attached hydrogens (tertiary/aromatic N) is 3. The molecular formula is C26H33N3O3S.